The van der Waals surface area contributed by atoms with E-state index >= 15 is 0 Å². The highest BCUT2D eigenvalue weighted by molar-refractivity contribution is 6.33. The molecule has 24 heavy (non-hydrogen) atoms. The topological polar surface area (TPSA) is 79.1 Å². The zero-order chi connectivity index (χ0) is 16.7. The highest BCUT2D eigenvalue weighted by atomic mass is 35.5. The predicted molar refractivity (Wildman–Crippen MR) is 92.2 cm³/mol. The summed E-state index contributed by atoms with van der Waals surface area (Å²) in [6, 6.07) is 13.8. The molecule has 5 nitrogen and oxygen atoms in total. The van der Waals surface area contributed by atoms with E-state index in [1.165, 1.54) is 12.1 Å². The van der Waals surface area contributed by atoms with Gasteiger partial charge in [-0.05, 0) is 12.1 Å². The minimum atomic E-state index is -0.238. The smallest absolute Gasteiger partial charge is 0.193 e. The fourth-order valence-electron chi connectivity index (χ4n) is 2.64. The Bertz CT molecular complexity index is 1090. The molecular formula is C18H11ClN2O3. The highest BCUT2D eigenvalue weighted by Gasteiger charge is 2.19. The molecule has 0 aliphatic carbocycles. The molecule has 118 valence electrons. The van der Waals surface area contributed by atoms with Crippen LogP contribution in [-0.2, 0) is 0 Å². The Hall–Kier alpha value is -3.05. The number of phenolic OH excluding ortho intramolecular Hbond substituents is 1. The summed E-state index contributed by atoms with van der Waals surface area (Å²) in [6.45, 7) is 0. The van der Waals surface area contributed by atoms with Crippen LogP contribution in [-0.4, -0.2) is 15.3 Å². The lowest BCUT2D eigenvalue weighted by molar-refractivity contribution is 0.476. The molecule has 0 spiro atoms. The van der Waals surface area contributed by atoms with Crippen molar-refractivity contribution in [3.05, 3.63) is 70.0 Å². The molecule has 2 N–H and O–H groups in total. The predicted octanol–water partition coefficient (Wildman–Crippen LogP) is 4.21. The Labute approximate surface area is 141 Å². The van der Waals surface area contributed by atoms with E-state index in [4.69, 9.17) is 16.0 Å². The van der Waals surface area contributed by atoms with Gasteiger partial charge in [-0.25, -0.2) is 0 Å². The maximum atomic E-state index is 12.5. The Kier molecular flexibility index (Phi) is 3.36. The summed E-state index contributed by atoms with van der Waals surface area (Å²) in [7, 11) is 0. The van der Waals surface area contributed by atoms with Gasteiger partial charge in [0.15, 0.2) is 11.0 Å². The molecule has 0 atom stereocenters. The van der Waals surface area contributed by atoms with Gasteiger partial charge >= 0.3 is 0 Å². The quantitative estimate of drug-likeness (QED) is 0.574. The van der Waals surface area contributed by atoms with E-state index in [0.717, 1.165) is 5.56 Å². The number of nitrogens with zero attached hydrogens (tertiary/aromatic N) is 1. The van der Waals surface area contributed by atoms with Crippen molar-refractivity contribution in [2.24, 2.45) is 0 Å². The lowest BCUT2D eigenvalue weighted by atomic mass is 10.1. The number of nitrogens with one attached hydrogen (secondary N) is 1. The summed E-state index contributed by atoms with van der Waals surface area (Å²) in [4.78, 5) is 12.5. The third kappa shape index (κ3) is 2.26. The van der Waals surface area contributed by atoms with Crippen LogP contribution in [0, 0.1) is 0 Å². The van der Waals surface area contributed by atoms with E-state index in [9.17, 15) is 9.90 Å². The van der Waals surface area contributed by atoms with Crippen LogP contribution in [0.25, 0.3) is 33.6 Å². The van der Waals surface area contributed by atoms with Crippen LogP contribution in [0.2, 0.25) is 5.02 Å². The van der Waals surface area contributed by atoms with Crippen LogP contribution in [0.1, 0.15) is 0 Å². The van der Waals surface area contributed by atoms with Gasteiger partial charge in [0.2, 0.25) is 0 Å². The molecule has 2 aromatic heterocycles. The van der Waals surface area contributed by atoms with E-state index in [1.807, 2.05) is 30.3 Å². The molecule has 0 unspecified atom stereocenters. The SMILES string of the molecule is O=c1cc(-c2ccccc2)oc2c(-c3ccn[nH]3)c(O)c(Cl)cc12. The van der Waals surface area contributed by atoms with Gasteiger partial charge in [-0.2, -0.15) is 5.10 Å². The number of fused-ring (bicyclic) bond motifs is 1. The van der Waals surface area contributed by atoms with Crippen LogP contribution >= 0.6 is 11.6 Å². The van der Waals surface area contributed by atoms with Gasteiger partial charge in [-0.1, -0.05) is 41.9 Å². The lowest BCUT2D eigenvalue weighted by Crippen LogP contribution is -2.02. The normalized spacial score (nSPS) is 11.0. The van der Waals surface area contributed by atoms with Gasteiger partial charge in [-0.15, -0.1) is 0 Å². The van der Waals surface area contributed by atoms with Gasteiger partial charge in [0.05, 0.1) is 21.7 Å². The molecule has 0 fully saturated rings. The van der Waals surface area contributed by atoms with E-state index in [1.54, 1.807) is 12.3 Å². The summed E-state index contributed by atoms with van der Waals surface area (Å²) >= 11 is 6.07. The fraction of sp³-hybridized carbons (Fsp3) is 0. The molecule has 0 bridgehead atoms. The van der Waals surface area contributed by atoms with Crippen LogP contribution in [0.15, 0.2) is 63.9 Å². The third-order valence-electron chi connectivity index (χ3n) is 3.77. The molecule has 0 saturated heterocycles. The number of aromatic nitrogens is 2. The molecule has 4 rings (SSSR count). The summed E-state index contributed by atoms with van der Waals surface area (Å²) in [5, 5.41) is 17.4. The number of rotatable bonds is 2. The maximum Gasteiger partial charge on any atom is 0.193 e. The number of H-pyrrole nitrogens is 1. The Morgan fingerprint density at radius 1 is 1.12 bits per heavy atom. The summed E-state index contributed by atoms with van der Waals surface area (Å²) in [5.41, 5.74) is 1.60. The number of aromatic amines is 1. The molecule has 0 aliphatic heterocycles. The van der Waals surface area contributed by atoms with E-state index in [-0.39, 0.29) is 21.8 Å². The van der Waals surface area contributed by atoms with E-state index in [2.05, 4.69) is 10.2 Å². The second-order valence-electron chi connectivity index (χ2n) is 5.27. The summed E-state index contributed by atoms with van der Waals surface area (Å²) in [6.07, 6.45) is 1.54. The van der Waals surface area contributed by atoms with Crippen LogP contribution < -0.4 is 5.43 Å². The first-order chi connectivity index (χ1) is 11.6. The van der Waals surface area contributed by atoms with Gasteiger partial charge in [-0.3, -0.25) is 9.89 Å². The van der Waals surface area contributed by atoms with Crippen molar-refractivity contribution in [3.8, 4) is 28.3 Å². The molecule has 6 heteroatoms. The van der Waals surface area contributed by atoms with Crippen molar-refractivity contribution in [1.82, 2.24) is 10.2 Å². The molecular weight excluding hydrogens is 328 g/mol. The zero-order valence-electron chi connectivity index (χ0n) is 12.3. The average molecular weight is 339 g/mol. The second-order valence-corrected chi connectivity index (χ2v) is 5.68. The van der Waals surface area contributed by atoms with Crippen LogP contribution in [0.4, 0.5) is 0 Å². The number of hydrogen-bond donors (Lipinski definition) is 2. The number of halogens is 1. The minimum Gasteiger partial charge on any atom is -0.506 e. The summed E-state index contributed by atoms with van der Waals surface area (Å²) in [5.74, 6) is 0.248. The molecule has 0 saturated carbocycles. The monoisotopic (exact) mass is 338 g/mol. The fourth-order valence-corrected chi connectivity index (χ4v) is 2.84. The van der Waals surface area contributed by atoms with Gasteiger partial charge in [0.25, 0.3) is 0 Å². The Balaban J connectivity index is 2.12. The molecule has 0 radical (unpaired) electrons. The highest BCUT2D eigenvalue weighted by Crippen LogP contribution is 2.40. The van der Waals surface area contributed by atoms with Gasteiger partial charge < -0.3 is 9.52 Å². The van der Waals surface area contributed by atoms with Crippen molar-refractivity contribution in [2.75, 3.05) is 0 Å². The number of phenols is 1. The van der Waals surface area contributed by atoms with Crippen molar-refractivity contribution < 1.29 is 9.52 Å². The Morgan fingerprint density at radius 2 is 1.92 bits per heavy atom. The Morgan fingerprint density at radius 3 is 2.62 bits per heavy atom. The number of benzene rings is 2. The van der Waals surface area contributed by atoms with E-state index in [0.29, 0.717) is 22.4 Å². The molecule has 0 amide bonds. The minimum absolute atomic E-state index is 0.0758. The average Bonchev–Trinajstić information content (AvgIpc) is 3.11. The van der Waals surface area contributed by atoms with E-state index < -0.39 is 0 Å². The third-order valence-corrected chi connectivity index (χ3v) is 4.06. The van der Waals surface area contributed by atoms with Crippen molar-refractivity contribution in [3.63, 3.8) is 0 Å². The maximum absolute atomic E-state index is 12.5. The second kappa shape index (κ2) is 5.54. The van der Waals surface area contributed by atoms with Crippen LogP contribution in [0.3, 0.4) is 0 Å². The first-order valence-electron chi connectivity index (χ1n) is 7.19. The standard InChI is InChI=1S/C18H11ClN2O3/c19-12-8-11-14(22)9-15(10-4-2-1-3-5-10)24-18(11)16(17(12)23)13-6-7-20-21-13/h1-9,23H,(H,20,21). The lowest BCUT2D eigenvalue weighted by Gasteiger charge is -2.10. The summed E-state index contributed by atoms with van der Waals surface area (Å²) < 4.78 is 5.95. The zero-order valence-corrected chi connectivity index (χ0v) is 13.0. The van der Waals surface area contributed by atoms with Crippen molar-refractivity contribution in [1.29, 1.82) is 0 Å². The number of hydrogen-bond acceptors (Lipinski definition) is 4. The molecule has 4 aromatic rings. The molecule has 2 heterocycles. The van der Waals surface area contributed by atoms with Crippen molar-refractivity contribution in [2.45, 2.75) is 0 Å². The van der Waals surface area contributed by atoms with Crippen molar-refractivity contribution >= 4 is 22.6 Å². The van der Waals surface area contributed by atoms with Crippen LogP contribution in [0.5, 0.6) is 5.75 Å². The first-order valence-corrected chi connectivity index (χ1v) is 7.57. The van der Waals surface area contributed by atoms with Gasteiger partial charge in [0.1, 0.15) is 11.5 Å². The molecule has 2 aromatic carbocycles. The first kappa shape index (κ1) is 14.5. The molecule has 0 aliphatic rings. The largest absolute Gasteiger partial charge is 0.506 e. The van der Waals surface area contributed by atoms with Gasteiger partial charge in [0, 0.05) is 17.8 Å². The number of aromatic hydroxyl groups is 1.